The van der Waals surface area contributed by atoms with Gasteiger partial charge >= 0.3 is 6.18 Å². The molecule has 318 valence electrons. The molecular formula is C39H43ClF3N11O6. The molecule has 17 nitrogen and oxygen atoms in total. The van der Waals surface area contributed by atoms with Crippen LogP contribution in [0.5, 0.6) is 0 Å². The molecule has 2 saturated heterocycles. The number of hydrogen-bond donors (Lipinski definition) is 4. The molecule has 2 aliphatic rings. The highest BCUT2D eigenvalue weighted by atomic mass is 35.5. The van der Waals surface area contributed by atoms with E-state index in [1.807, 2.05) is 0 Å². The Kier molecular flexibility index (Phi) is 12.0. The van der Waals surface area contributed by atoms with Crippen LogP contribution in [-0.2, 0) is 29.4 Å². The molecule has 0 radical (unpaired) electrons. The Morgan fingerprint density at radius 3 is 2.45 bits per heavy atom. The Hall–Kier alpha value is -5.83. The number of piperazine rings is 1. The maximum Gasteiger partial charge on any atom is 0.435 e. The number of benzene rings is 1. The number of likely N-dealkylation sites (tertiary alicyclic amines) is 1. The van der Waals surface area contributed by atoms with Gasteiger partial charge in [-0.05, 0) is 55.8 Å². The summed E-state index contributed by atoms with van der Waals surface area (Å²) in [7, 11) is 1.39. The number of fused-ring (bicyclic) bond motifs is 1. The van der Waals surface area contributed by atoms with E-state index in [0.29, 0.717) is 92.8 Å². The Morgan fingerprint density at radius 1 is 1.07 bits per heavy atom. The molecule has 4 aromatic heterocycles. The zero-order valence-corrected chi connectivity index (χ0v) is 33.3. The number of pyridine rings is 1. The lowest BCUT2D eigenvalue weighted by atomic mass is 9.94. The predicted molar refractivity (Wildman–Crippen MR) is 209 cm³/mol. The van der Waals surface area contributed by atoms with E-state index in [1.165, 1.54) is 35.9 Å². The van der Waals surface area contributed by atoms with Crippen LogP contribution in [0.3, 0.4) is 0 Å². The van der Waals surface area contributed by atoms with Crippen LogP contribution < -0.4 is 16.2 Å². The number of piperidine rings is 1. The number of carboxylic acid groups (broad SMARTS) is 1. The lowest BCUT2D eigenvalue weighted by Crippen LogP contribution is -2.64. The molecule has 0 bridgehead atoms. The van der Waals surface area contributed by atoms with E-state index >= 15 is 0 Å². The second-order valence-corrected chi connectivity index (χ2v) is 15.5. The third kappa shape index (κ3) is 8.72. The number of aliphatic hydroxyl groups is 1. The number of halogens is 4. The number of carboxylic acids is 1. The highest BCUT2D eigenvalue weighted by Gasteiger charge is 2.40. The normalized spacial score (nSPS) is 16.1. The lowest BCUT2D eigenvalue weighted by molar-refractivity contribution is -0.926. The third-order valence-corrected chi connectivity index (χ3v) is 11.6. The van der Waals surface area contributed by atoms with Gasteiger partial charge in [0.25, 0.3) is 11.8 Å². The average molecular weight is 854 g/mol. The van der Waals surface area contributed by atoms with Crippen LogP contribution >= 0.6 is 11.6 Å². The molecule has 60 heavy (non-hydrogen) atoms. The first-order chi connectivity index (χ1) is 28.6. The number of aromatic nitrogens is 6. The van der Waals surface area contributed by atoms with E-state index in [0.717, 1.165) is 17.1 Å². The van der Waals surface area contributed by atoms with Crippen LogP contribution in [-0.4, -0.2) is 131 Å². The van der Waals surface area contributed by atoms with Gasteiger partial charge in [-0.25, -0.2) is 14.6 Å². The smallest absolute Gasteiger partial charge is 0.435 e. The fourth-order valence-electron chi connectivity index (χ4n) is 8.01. The first-order valence-corrected chi connectivity index (χ1v) is 19.7. The van der Waals surface area contributed by atoms with Crippen LogP contribution in [0.15, 0.2) is 48.8 Å². The van der Waals surface area contributed by atoms with Gasteiger partial charge in [-0.2, -0.15) is 18.3 Å². The number of carbonyl (C=O) groups is 4. The van der Waals surface area contributed by atoms with Crippen molar-refractivity contribution >= 4 is 52.0 Å². The number of quaternary nitrogens is 1. The molecule has 3 amide bonds. The van der Waals surface area contributed by atoms with Crippen molar-refractivity contribution in [2.45, 2.75) is 32.0 Å². The van der Waals surface area contributed by atoms with Gasteiger partial charge in [-0.3, -0.25) is 14.4 Å². The van der Waals surface area contributed by atoms with E-state index in [1.54, 1.807) is 21.9 Å². The fraction of sp³-hybridized carbons (Fsp3) is 0.410. The van der Waals surface area contributed by atoms with E-state index < -0.39 is 23.7 Å². The summed E-state index contributed by atoms with van der Waals surface area (Å²) in [4.78, 5) is 66.6. The van der Waals surface area contributed by atoms with Crippen LogP contribution in [0.2, 0.25) is 5.02 Å². The number of nitrogens with zero attached hydrogens (tertiary/aromatic N) is 8. The average Bonchev–Trinajstić information content (AvgIpc) is 3.96. The van der Waals surface area contributed by atoms with Crippen molar-refractivity contribution in [3.63, 3.8) is 0 Å². The molecule has 5 aromatic rings. The van der Waals surface area contributed by atoms with Crippen LogP contribution in [0.4, 0.5) is 18.9 Å². The summed E-state index contributed by atoms with van der Waals surface area (Å²) in [6.07, 6.45) is -1.01. The zero-order valence-electron chi connectivity index (χ0n) is 32.5. The first kappa shape index (κ1) is 42.3. The molecule has 2 aliphatic heterocycles. The Balaban J connectivity index is 0.978. The number of aliphatic carboxylic acids is 1. The number of imidazole rings is 1. The van der Waals surface area contributed by atoms with Gasteiger partial charge in [-0.1, -0.05) is 11.6 Å². The molecule has 0 aliphatic carbocycles. The standard InChI is InChI=1S/C39H43ClF3N11O6/c1-50-31(27-20-53(49-34(27)39(41,42)43)32-6-5-29-30(48-32)18-25(22-55)46-29)19-45-35(50)36(58)47-24-3-4-26(28(40)17-24)38(60)51-10-7-23(8-11-51)37(59)52-12-15-54(16-13-52,14-2-9-44)21-33(56)57/h3-6,17-20,23,55H,2,7-16,21-22,44H2,1H3,(H2-,46,47,48,56,57,58,60). The monoisotopic (exact) mass is 853 g/mol. The number of carbonyl (C=O) groups excluding carboxylic acids is 4. The molecule has 21 heteroatoms. The van der Waals surface area contributed by atoms with Crippen LogP contribution in [0.1, 0.15) is 51.6 Å². The number of hydrogen-bond acceptors (Lipinski definition) is 10. The first-order valence-electron chi connectivity index (χ1n) is 19.3. The summed E-state index contributed by atoms with van der Waals surface area (Å²) in [5.41, 5.74) is 5.94. The van der Waals surface area contributed by atoms with Crippen LogP contribution in [0, 0.1) is 5.92 Å². The fourth-order valence-corrected chi connectivity index (χ4v) is 8.27. The van der Waals surface area contributed by atoms with Gasteiger partial charge in [0.15, 0.2) is 17.3 Å². The molecular weight excluding hydrogens is 811 g/mol. The molecule has 0 unspecified atom stereocenters. The van der Waals surface area contributed by atoms with Crippen molar-refractivity contribution in [1.82, 2.24) is 39.1 Å². The van der Waals surface area contributed by atoms with Crippen molar-refractivity contribution in [2.24, 2.45) is 18.7 Å². The molecule has 0 atom stereocenters. The minimum Gasteiger partial charge on any atom is -0.544 e. The van der Waals surface area contributed by atoms with Crippen molar-refractivity contribution in [3.05, 3.63) is 76.6 Å². The Labute approximate surface area is 346 Å². The van der Waals surface area contributed by atoms with Crippen molar-refractivity contribution in [3.8, 4) is 17.1 Å². The van der Waals surface area contributed by atoms with Gasteiger partial charge in [-0.15, -0.1) is 0 Å². The largest absolute Gasteiger partial charge is 0.544 e. The number of alkyl halides is 3. The maximum absolute atomic E-state index is 14.3. The van der Waals surface area contributed by atoms with Gasteiger partial charge in [0, 0.05) is 50.1 Å². The minimum atomic E-state index is -4.87. The SMILES string of the molecule is Cn1c(-c2cn(-c3ccc4[nH]c(CO)cc4n3)nc2C(F)(F)F)cnc1C(=O)Nc1ccc(C(=O)N2CCC(C(=O)N3CC[N+](CCCN)(CC(=O)[O-])CC3)CC2)c(Cl)c1. The number of amides is 3. The number of rotatable bonds is 12. The topological polar surface area (TPSA) is 220 Å². The molecule has 6 heterocycles. The summed E-state index contributed by atoms with van der Waals surface area (Å²) < 4.78 is 45.4. The number of H-pyrrole nitrogens is 1. The molecule has 5 N–H and O–H groups in total. The predicted octanol–water partition coefficient (Wildman–Crippen LogP) is 2.18. The second-order valence-electron chi connectivity index (χ2n) is 15.1. The number of aliphatic hydroxyl groups excluding tert-OH is 1. The number of nitrogens with one attached hydrogen (secondary N) is 2. The quantitative estimate of drug-likeness (QED) is 0.134. The van der Waals surface area contributed by atoms with Gasteiger partial charge < -0.3 is 49.9 Å². The van der Waals surface area contributed by atoms with Crippen molar-refractivity contribution < 1.29 is 47.0 Å². The molecule has 0 spiro atoms. The molecule has 0 saturated carbocycles. The number of nitrogens with two attached hydrogens (primary N) is 1. The van der Waals surface area contributed by atoms with Crippen LogP contribution in [0.25, 0.3) is 28.1 Å². The van der Waals surface area contributed by atoms with E-state index in [2.05, 4.69) is 25.4 Å². The molecule has 2 fully saturated rings. The van der Waals surface area contributed by atoms with Gasteiger partial charge in [0.05, 0.1) is 84.4 Å². The van der Waals surface area contributed by atoms with E-state index in [9.17, 15) is 42.6 Å². The summed E-state index contributed by atoms with van der Waals surface area (Å²) in [6.45, 7) is 3.18. The van der Waals surface area contributed by atoms with Crippen molar-refractivity contribution in [1.29, 1.82) is 0 Å². The maximum atomic E-state index is 14.3. The highest BCUT2D eigenvalue weighted by molar-refractivity contribution is 6.34. The lowest BCUT2D eigenvalue weighted by Gasteiger charge is -2.46. The minimum absolute atomic E-state index is 0.0116. The summed E-state index contributed by atoms with van der Waals surface area (Å²) in [5, 5.41) is 27.3. The molecule has 7 rings (SSSR count). The summed E-state index contributed by atoms with van der Waals surface area (Å²) >= 11 is 6.55. The van der Waals surface area contributed by atoms with Gasteiger partial charge in [0.1, 0.15) is 6.54 Å². The highest BCUT2D eigenvalue weighted by Crippen LogP contribution is 2.37. The van der Waals surface area contributed by atoms with Crippen molar-refractivity contribution in [2.75, 3.05) is 64.2 Å². The second kappa shape index (κ2) is 17.0. The Morgan fingerprint density at radius 2 is 1.80 bits per heavy atom. The third-order valence-electron chi connectivity index (χ3n) is 11.3. The van der Waals surface area contributed by atoms with Gasteiger partial charge in [0.2, 0.25) is 5.91 Å². The Bertz CT molecular complexity index is 2430. The van der Waals surface area contributed by atoms with E-state index in [-0.39, 0.29) is 70.1 Å². The summed E-state index contributed by atoms with van der Waals surface area (Å²) in [5.74, 6) is -2.64. The number of aromatic amines is 1. The summed E-state index contributed by atoms with van der Waals surface area (Å²) in [6, 6.07) is 8.99. The number of anilines is 1. The van der Waals surface area contributed by atoms with E-state index in [4.69, 9.17) is 17.3 Å². The molecule has 1 aromatic carbocycles. The zero-order chi connectivity index (χ0) is 42.9.